The van der Waals surface area contributed by atoms with Gasteiger partial charge >= 0.3 is 5.97 Å². The lowest BCUT2D eigenvalue weighted by atomic mass is 10.1. The van der Waals surface area contributed by atoms with Crippen molar-refractivity contribution in [2.75, 3.05) is 13.6 Å². The molecule has 13 heavy (non-hydrogen) atoms. The van der Waals surface area contributed by atoms with Crippen LogP contribution in [0.3, 0.4) is 0 Å². The molecule has 1 unspecified atom stereocenters. The Hall–Kier alpha value is -1.26. The Balaban J connectivity index is 3.41. The molecule has 0 saturated heterocycles. The van der Waals surface area contributed by atoms with Crippen LogP contribution in [0, 0.1) is 5.92 Å². The fourth-order valence-corrected chi connectivity index (χ4v) is 0.827. The molecule has 5 heteroatoms. The summed E-state index contributed by atoms with van der Waals surface area (Å²) in [6.45, 7) is 2.36. The van der Waals surface area contributed by atoms with E-state index in [-0.39, 0.29) is 5.92 Å². The number of aliphatic imine (C=N–C) groups is 1. The third-order valence-electron chi connectivity index (χ3n) is 1.78. The Morgan fingerprint density at radius 3 is 2.77 bits per heavy atom. The molecule has 0 aromatic rings. The lowest BCUT2D eigenvalue weighted by Gasteiger charge is -2.06. The quantitative estimate of drug-likeness (QED) is 0.322. The SMILES string of the molecule is CN=C(N)NCCCC(C)C(=O)O. The Bertz CT molecular complexity index is 192. The highest BCUT2D eigenvalue weighted by atomic mass is 16.4. The molecule has 0 amide bonds. The van der Waals surface area contributed by atoms with Crippen LogP contribution in [-0.4, -0.2) is 30.6 Å². The molecule has 0 aliphatic rings. The topological polar surface area (TPSA) is 87.7 Å². The lowest BCUT2D eigenvalue weighted by Crippen LogP contribution is -2.32. The number of rotatable bonds is 5. The Kier molecular flexibility index (Phi) is 5.67. The van der Waals surface area contributed by atoms with Crippen LogP contribution in [0.15, 0.2) is 4.99 Å². The van der Waals surface area contributed by atoms with Gasteiger partial charge in [0, 0.05) is 13.6 Å². The monoisotopic (exact) mass is 187 g/mol. The number of aliphatic carboxylic acids is 1. The molecule has 5 nitrogen and oxygen atoms in total. The van der Waals surface area contributed by atoms with E-state index < -0.39 is 5.97 Å². The number of nitrogens with zero attached hydrogens (tertiary/aromatic N) is 1. The summed E-state index contributed by atoms with van der Waals surface area (Å²) in [5, 5.41) is 11.4. The molecule has 4 N–H and O–H groups in total. The molecule has 0 saturated carbocycles. The summed E-state index contributed by atoms with van der Waals surface area (Å²) in [4.78, 5) is 14.1. The highest BCUT2D eigenvalue weighted by Crippen LogP contribution is 2.03. The van der Waals surface area contributed by atoms with Gasteiger partial charge in [0.1, 0.15) is 0 Å². The number of hydrogen-bond donors (Lipinski definition) is 3. The zero-order valence-electron chi connectivity index (χ0n) is 8.08. The number of nitrogens with two attached hydrogens (primary N) is 1. The molecule has 0 rings (SSSR count). The first kappa shape index (κ1) is 11.7. The van der Waals surface area contributed by atoms with E-state index in [0.717, 1.165) is 6.42 Å². The molecule has 0 radical (unpaired) electrons. The van der Waals surface area contributed by atoms with Gasteiger partial charge in [0.15, 0.2) is 5.96 Å². The molecule has 0 aliphatic heterocycles. The maximum absolute atomic E-state index is 10.4. The van der Waals surface area contributed by atoms with Gasteiger partial charge in [-0.2, -0.15) is 0 Å². The van der Waals surface area contributed by atoms with Gasteiger partial charge in [-0.15, -0.1) is 0 Å². The van der Waals surface area contributed by atoms with Crippen molar-refractivity contribution in [3.63, 3.8) is 0 Å². The van der Waals surface area contributed by atoms with E-state index in [2.05, 4.69) is 10.3 Å². The van der Waals surface area contributed by atoms with Crippen LogP contribution in [0.5, 0.6) is 0 Å². The minimum atomic E-state index is -0.753. The molecule has 0 aromatic carbocycles. The smallest absolute Gasteiger partial charge is 0.306 e. The van der Waals surface area contributed by atoms with Gasteiger partial charge in [-0.3, -0.25) is 9.79 Å². The zero-order chi connectivity index (χ0) is 10.3. The first-order chi connectivity index (χ1) is 6.07. The summed E-state index contributed by atoms with van der Waals surface area (Å²) in [7, 11) is 1.60. The number of nitrogens with one attached hydrogen (secondary N) is 1. The predicted octanol–water partition coefficient (Wildman–Crippen LogP) is 0.0214. The molecule has 0 fully saturated rings. The van der Waals surface area contributed by atoms with E-state index in [0.29, 0.717) is 18.9 Å². The highest BCUT2D eigenvalue weighted by Gasteiger charge is 2.09. The van der Waals surface area contributed by atoms with E-state index in [4.69, 9.17) is 10.8 Å². The lowest BCUT2D eigenvalue weighted by molar-refractivity contribution is -0.141. The minimum absolute atomic E-state index is 0.290. The molecule has 1 atom stereocenters. The first-order valence-electron chi connectivity index (χ1n) is 4.27. The number of carboxylic acid groups (broad SMARTS) is 1. The Labute approximate surface area is 78.0 Å². The van der Waals surface area contributed by atoms with E-state index in [1.165, 1.54) is 0 Å². The summed E-state index contributed by atoms with van der Waals surface area (Å²) in [6, 6.07) is 0. The molecule has 0 aliphatic carbocycles. The van der Waals surface area contributed by atoms with Crippen molar-refractivity contribution in [2.45, 2.75) is 19.8 Å². The average Bonchev–Trinajstić information content (AvgIpc) is 2.11. The maximum Gasteiger partial charge on any atom is 0.306 e. The standard InChI is InChI=1S/C8H17N3O2/c1-6(7(12)13)4-3-5-11-8(9)10-2/h6H,3-5H2,1-2H3,(H,12,13)(H3,9,10,11). The average molecular weight is 187 g/mol. The van der Waals surface area contributed by atoms with E-state index in [1.54, 1.807) is 14.0 Å². The van der Waals surface area contributed by atoms with Crippen LogP contribution < -0.4 is 11.1 Å². The van der Waals surface area contributed by atoms with Crippen LogP contribution in [-0.2, 0) is 4.79 Å². The van der Waals surface area contributed by atoms with Crippen LogP contribution >= 0.6 is 0 Å². The molecular weight excluding hydrogens is 170 g/mol. The fourth-order valence-electron chi connectivity index (χ4n) is 0.827. The summed E-state index contributed by atoms with van der Waals surface area (Å²) >= 11 is 0. The second-order valence-corrected chi connectivity index (χ2v) is 2.92. The number of carbonyl (C=O) groups is 1. The normalized spacial score (nSPS) is 13.8. The van der Waals surface area contributed by atoms with Crippen LogP contribution in [0.4, 0.5) is 0 Å². The van der Waals surface area contributed by atoms with Crippen molar-refractivity contribution in [3.8, 4) is 0 Å². The molecular formula is C8H17N3O2. The Morgan fingerprint density at radius 2 is 2.31 bits per heavy atom. The van der Waals surface area contributed by atoms with Crippen molar-refractivity contribution in [2.24, 2.45) is 16.6 Å². The van der Waals surface area contributed by atoms with E-state index >= 15 is 0 Å². The molecule has 0 heterocycles. The number of guanidine groups is 1. The molecule has 76 valence electrons. The van der Waals surface area contributed by atoms with E-state index in [1.807, 2.05) is 0 Å². The zero-order valence-corrected chi connectivity index (χ0v) is 8.08. The van der Waals surface area contributed by atoms with Gasteiger partial charge in [-0.1, -0.05) is 6.92 Å². The van der Waals surface area contributed by atoms with Crippen molar-refractivity contribution < 1.29 is 9.90 Å². The minimum Gasteiger partial charge on any atom is -0.481 e. The summed E-state index contributed by atoms with van der Waals surface area (Å²) in [5.74, 6) is -0.651. The molecule has 0 spiro atoms. The number of hydrogen-bond acceptors (Lipinski definition) is 2. The van der Waals surface area contributed by atoms with Gasteiger partial charge < -0.3 is 16.2 Å². The second kappa shape index (κ2) is 6.28. The summed E-state index contributed by atoms with van der Waals surface area (Å²) < 4.78 is 0. The van der Waals surface area contributed by atoms with Crippen molar-refractivity contribution in [3.05, 3.63) is 0 Å². The van der Waals surface area contributed by atoms with Crippen LogP contribution in [0.25, 0.3) is 0 Å². The maximum atomic E-state index is 10.4. The van der Waals surface area contributed by atoms with Gasteiger partial charge in [-0.05, 0) is 12.8 Å². The van der Waals surface area contributed by atoms with Crippen LogP contribution in [0.2, 0.25) is 0 Å². The van der Waals surface area contributed by atoms with Crippen molar-refractivity contribution in [1.82, 2.24) is 5.32 Å². The molecule has 0 aromatic heterocycles. The van der Waals surface area contributed by atoms with Crippen molar-refractivity contribution in [1.29, 1.82) is 0 Å². The van der Waals surface area contributed by atoms with Gasteiger partial charge in [0.2, 0.25) is 0 Å². The fraction of sp³-hybridized carbons (Fsp3) is 0.750. The molecule has 0 bridgehead atoms. The first-order valence-corrected chi connectivity index (χ1v) is 4.27. The Morgan fingerprint density at radius 1 is 1.69 bits per heavy atom. The second-order valence-electron chi connectivity index (χ2n) is 2.92. The van der Waals surface area contributed by atoms with Gasteiger partial charge in [-0.25, -0.2) is 0 Å². The third kappa shape index (κ3) is 5.95. The summed E-state index contributed by atoms with van der Waals surface area (Å²) in [6.07, 6.45) is 1.43. The van der Waals surface area contributed by atoms with Gasteiger partial charge in [0.05, 0.1) is 5.92 Å². The van der Waals surface area contributed by atoms with Gasteiger partial charge in [0.25, 0.3) is 0 Å². The predicted molar refractivity (Wildman–Crippen MR) is 51.6 cm³/mol. The highest BCUT2D eigenvalue weighted by molar-refractivity contribution is 5.77. The largest absolute Gasteiger partial charge is 0.481 e. The van der Waals surface area contributed by atoms with Crippen molar-refractivity contribution >= 4 is 11.9 Å². The van der Waals surface area contributed by atoms with Crippen LogP contribution in [0.1, 0.15) is 19.8 Å². The number of carboxylic acids is 1. The van der Waals surface area contributed by atoms with E-state index in [9.17, 15) is 4.79 Å². The third-order valence-corrected chi connectivity index (χ3v) is 1.78. The summed E-state index contributed by atoms with van der Waals surface area (Å²) in [5.41, 5.74) is 5.37.